The maximum absolute atomic E-state index is 12.5. The average molecular weight is 396 g/mol. The lowest BCUT2D eigenvalue weighted by Crippen LogP contribution is -2.28. The Bertz CT molecular complexity index is 651. The molecule has 0 spiro atoms. The molecule has 0 radical (unpaired) electrons. The lowest BCUT2D eigenvalue weighted by atomic mass is 9.95. The quantitative estimate of drug-likeness (QED) is 0.788. The van der Waals surface area contributed by atoms with E-state index in [0.717, 1.165) is 22.9 Å². The molecule has 1 aromatic heterocycles. The molecule has 0 bridgehead atoms. The summed E-state index contributed by atoms with van der Waals surface area (Å²) in [7, 11) is 0. The SMILES string of the molecule is O=C(Nc1cccc(Br)n1)C1(c2ccc(Br)cc2)CC1. The highest BCUT2D eigenvalue weighted by Gasteiger charge is 2.51. The Morgan fingerprint density at radius 2 is 1.80 bits per heavy atom. The number of nitrogens with zero attached hydrogens (tertiary/aromatic N) is 1. The lowest BCUT2D eigenvalue weighted by Gasteiger charge is -2.15. The summed E-state index contributed by atoms with van der Waals surface area (Å²) in [6.07, 6.45) is 1.77. The van der Waals surface area contributed by atoms with E-state index in [2.05, 4.69) is 42.2 Å². The summed E-state index contributed by atoms with van der Waals surface area (Å²) in [6.45, 7) is 0. The minimum absolute atomic E-state index is 0.0189. The highest BCUT2D eigenvalue weighted by molar-refractivity contribution is 9.10. The number of nitrogens with one attached hydrogen (secondary N) is 1. The number of hydrogen-bond donors (Lipinski definition) is 1. The van der Waals surface area contributed by atoms with Crippen molar-refractivity contribution in [3.05, 3.63) is 57.1 Å². The molecule has 102 valence electrons. The number of carbonyl (C=O) groups excluding carboxylic acids is 1. The van der Waals surface area contributed by atoms with Crippen LogP contribution in [-0.4, -0.2) is 10.9 Å². The van der Waals surface area contributed by atoms with Crippen LogP contribution in [0.4, 0.5) is 5.82 Å². The average Bonchev–Trinajstić information content (AvgIpc) is 3.21. The third kappa shape index (κ3) is 2.65. The Kier molecular flexibility index (Phi) is 3.65. The number of benzene rings is 1. The van der Waals surface area contributed by atoms with Gasteiger partial charge in [0.25, 0.3) is 0 Å². The number of hydrogen-bond acceptors (Lipinski definition) is 2. The fraction of sp³-hybridized carbons (Fsp3) is 0.200. The molecule has 1 N–H and O–H groups in total. The third-order valence-electron chi connectivity index (χ3n) is 3.54. The van der Waals surface area contributed by atoms with Gasteiger partial charge in [0, 0.05) is 4.47 Å². The van der Waals surface area contributed by atoms with Crippen molar-refractivity contribution in [2.75, 3.05) is 5.32 Å². The molecule has 1 saturated carbocycles. The molecule has 3 nitrogen and oxygen atoms in total. The fourth-order valence-electron chi connectivity index (χ4n) is 2.25. The molecule has 5 heteroatoms. The van der Waals surface area contributed by atoms with E-state index >= 15 is 0 Å². The van der Waals surface area contributed by atoms with Gasteiger partial charge in [-0.2, -0.15) is 0 Å². The molecule has 1 fully saturated rings. The fourth-order valence-corrected chi connectivity index (χ4v) is 2.86. The summed E-state index contributed by atoms with van der Waals surface area (Å²) in [5, 5.41) is 2.91. The molecule has 1 heterocycles. The number of halogens is 2. The van der Waals surface area contributed by atoms with Gasteiger partial charge in [-0.1, -0.05) is 34.1 Å². The molecule has 20 heavy (non-hydrogen) atoms. The molecule has 0 saturated heterocycles. The Balaban J connectivity index is 1.81. The van der Waals surface area contributed by atoms with Crippen molar-refractivity contribution in [1.82, 2.24) is 4.98 Å². The second-order valence-electron chi connectivity index (χ2n) is 4.89. The molecule has 1 aliphatic rings. The smallest absolute Gasteiger partial charge is 0.236 e. The van der Waals surface area contributed by atoms with Gasteiger partial charge in [-0.15, -0.1) is 0 Å². The first kappa shape index (κ1) is 13.8. The molecule has 1 amide bonds. The number of aromatic nitrogens is 1. The highest BCUT2D eigenvalue weighted by Crippen LogP contribution is 2.49. The van der Waals surface area contributed by atoms with Crippen LogP contribution in [0, 0.1) is 0 Å². The van der Waals surface area contributed by atoms with Crippen molar-refractivity contribution in [3.8, 4) is 0 Å². The first-order valence-electron chi connectivity index (χ1n) is 6.30. The van der Waals surface area contributed by atoms with E-state index in [0.29, 0.717) is 10.4 Å². The van der Waals surface area contributed by atoms with Crippen LogP contribution in [0.25, 0.3) is 0 Å². The molecular formula is C15H12Br2N2O. The Morgan fingerprint density at radius 1 is 1.10 bits per heavy atom. The van der Waals surface area contributed by atoms with Crippen LogP contribution in [0.15, 0.2) is 51.5 Å². The number of rotatable bonds is 3. The van der Waals surface area contributed by atoms with Crippen LogP contribution < -0.4 is 5.32 Å². The predicted octanol–water partition coefficient (Wildman–Crippen LogP) is 4.28. The van der Waals surface area contributed by atoms with Gasteiger partial charge < -0.3 is 5.32 Å². The topological polar surface area (TPSA) is 42.0 Å². The van der Waals surface area contributed by atoms with Crippen molar-refractivity contribution in [2.24, 2.45) is 0 Å². The van der Waals surface area contributed by atoms with Crippen molar-refractivity contribution in [1.29, 1.82) is 0 Å². The zero-order valence-electron chi connectivity index (χ0n) is 10.6. The van der Waals surface area contributed by atoms with E-state index in [1.54, 1.807) is 6.07 Å². The Morgan fingerprint density at radius 3 is 2.40 bits per heavy atom. The zero-order valence-corrected chi connectivity index (χ0v) is 13.7. The molecular weight excluding hydrogens is 384 g/mol. The van der Waals surface area contributed by atoms with Gasteiger partial charge in [0.15, 0.2) is 0 Å². The van der Waals surface area contributed by atoms with E-state index in [4.69, 9.17) is 0 Å². The van der Waals surface area contributed by atoms with Crippen molar-refractivity contribution >= 4 is 43.6 Å². The zero-order chi connectivity index (χ0) is 14.2. The highest BCUT2D eigenvalue weighted by atomic mass is 79.9. The molecule has 1 aromatic carbocycles. The van der Waals surface area contributed by atoms with Gasteiger partial charge in [-0.3, -0.25) is 4.79 Å². The summed E-state index contributed by atoms with van der Waals surface area (Å²) in [4.78, 5) is 16.8. The van der Waals surface area contributed by atoms with Crippen molar-refractivity contribution in [2.45, 2.75) is 18.3 Å². The number of anilines is 1. The summed E-state index contributed by atoms with van der Waals surface area (Å²) in [5.41, 5.74) is 0.679. The Labute approximate surface area is 134 Å². The van der Waals surface area contributed by atoms with E-state index in [9.17, 15) is 4.79 Å². The number of carbonyl (C=O) groups is 1. The van der Waals surface area contributed by atoms with Crippen LogP contribution in [-0.2, 0) is 10.2 Å². The maximum Gasteiger partial charge on any atom is 0.236 e. The summed E-state index contributed by atoms with van der Waals surface area (Å²) >= 11 is 6.72. The molecule has 3 rings (SSSR count). The third-order valence-corrected chi connectivity index (χ3v) is 4.51. The van der Waals surface area contributed by atoms with Crippen LogP contribution in [0.2, 0.25) is 0 Å². The first-order chi connectivity index (χ1) is 9.60. The second kappa shape index (κ2) is 5.30. The first-order valence-corrected chi connectivity index (χ1v) is 7.89. The van der Waals surface area contributed by atoms with Gasteiger partial charge in [0.05, 0.1) is 5.41 Å². The van der Waals surface area contributed by atoms with E-state index < -0.39 is 0 Å². The minimum atomic E-state index is -0.384. The molecule has 0 aliphatic heterocycles. The van der Waals surface area contributed by atoms with Crippen LogP contribution >= 0.6 is 31.9 Å². The van der Waals surface area contributed by atoms with Gasteiger partial charge >= 0.3 is 0 Å². The minimum Gasteiger partial charge on any atom is -0.310 e. The van der Waals surface area contributed by atoms with E-state index in [-0.39, 0.29) is 11.3 Å². The predicted molar refractivity (Wildman–Crippen MR) is 85.6 cm³/mol. The van der Waals surface area contributed by atoms with E-state index in [1.807, 2.05) is 36.4 Å². The maximum atomic E-state index is 12.5. The molecule has 0 atom stereocenters. The molecule has 1 aliphatic carbocycles. The Hall–Kier alpha value is -1.20. The van der Waals surface area contributed by atoms with E-state index in [1.165, 1.54) is 0 Å². The molecule has 0 unspecified atom stereocenters. The monoisotopic (exact) mass is 394 g/mol. The van der Waals surface area contributed by atoms with Gasteiger partial charge in [0.2, 0.25) is 5.91 Å². The van der Waals surface area contributed by atoms with Crippen LogP contribution in [0.1, 0.15) is 18.4 Å². The molecule has 2 aromatic rings. The van der Waals surface area contributed by atoms with Gasteiger partial charge in [-0.25, -0.2) is 4.98 Å². The summed E-state index contributed by atoms with van der Waals surface area (Å²) in [5.74, 6) is 0.596. The normalized spacial score (nSPS) is 15.7. The van der Waals surface area contributed by atoms with Crippen molar-refractivity contribution in [3.63, 3.8) is 0 Å². The largest absolute Gasteiger partial charge is 0.310 e. The number of pyridine rings is 1. The lowest BCUT2D eigenvalue weighted by molar-refractivity contribution is -0.118. The van der Waals surface area contributed by atoms with Gasteiger partial charge in [0.1, 0.15) is 10.4 Å². The summed E-state index contributed by atoms with van der Waals surface area (Å²) < 4.78 is 1.73. The standard InChI is InChI=1S/C15H12Br2N2O/c16-11-6-4-10(5-7-11)15(8-9-15)14(20)19-13-3-1-2-12(17)18-13/h1-7H,8-9H2,(H,18,19,20). The summed E-state index contributed by atoms with van der Waals surface area (Å²) in [6, 6.07) is 13.4. The van der Waals surface area contributed by atoms with Crippen LogP contribution in [0.3, 0.4) is 0 Å². The second-order valence-corrected chi connectivity index (χ2v) is 6.62. The van der Waals surface area contributed by atoms with Crippen LogP contribution in [0.5, 0.6) is 0 Å². The van der Waals surface area contributed by atoms with Crippen molar-refractivity contribution < 1.29 is 4.79 Å². The van der Waals surface area contributed by atoms with Gasteiger partial charge in [-0.05, 0) is 58.6 Å². The number of amides is 1.